The van der Waals surface area contributed by atoms with Gasteiger partial charge in [0, 0.05) is 73.9 Å². The molecule has 2 nitrogen and oxygen atoms in total. The van der Waals surface area contributed by atoms with Crippen LogP contribution in [0.5, 0.6) is 11.5 Å². The third-order valence-corrected chi connectivity index (χ3v) is 27.9. The van der Waals surface area contributed by atoms with Gasteiger partial charge >= 0.3 is 0 Å². The van der Waals surface area contributed by atoms with E-state index in [1.54, 1.807) is 22.3 Å². The number of aryl methyl sites for hydroxylation is 10. The van der Waals surface area contributed by atoms with Crippen LogP contribution in [0.25, 0.3) is 11.1 Å². The monoisotopic (exact) mass is 1890 g/mol. The first kappa shape index (κ1) is 115. The van der Waals surface area contributed by atoms with Crippen molar-refractivity contribution in [3.63, 3.8) is 0 Å². The van der Waals surface area contributed by atoms with Gasteiger partial charge in [-0.15, -0.1) is 0 Å². The molecule has 2 atom stereocenters. The van der Waals surface area contributed by atoms with E-state index in [4.69, 9.17) is 9.47 Å². The Labute approximate surface area is 854 Å². The van der Waals surface area contributed by atoms with Gasteiger partial charge in [0.2, 0.25) is 0 Å². The first-order chi connectivity index (χ1) is 64.1. The average molecular weight is 1890 g/mol. The minimum Gasteiger partial charge on any atom is -0.452 e. The van der Waals surface area contributed by atoms with E-state index in [1.165, 1.54) is 161 Å². The molecule has 2 spiro atoms. The van der Waals surface area contributed by atoms with Crippen LogP contribution in [0, 0.1) is 90.0 Å². The maximum atomic E-state index is 6.82. The van der Waals surface area contributed by atoms with Gasteiger partial charge in [-0.25, -0.2) is 0 Å². The molecule has 20 rings (SSSR count). The van der Waals surface area contributed by atoms with Crippen LogP contribution >= 0.6 is 0 Å². The summed E-state index contributed by atoms with van der Waals surface area (Å²) < 4.78 is 13.6. The minimum atomic E-state index is -0.720. The van der Waals surface area contributed by atoms with E-state index in [2.05, 4.69) is 421 Å². The first-order valence-electron chi connectivity index (χ1n) is 50.5. The Kier molecular flexibility index (Phi) is 44.2. The van der Waals surface area contributed by atoms with E-state index >= 15 is 0 Å². The molecule has 2 heterocycles. The van der Waals surface area contributed by atoms with Gasteiger partial charge in [-0.05, 0) is 236 Å². The minimum absolute atomic E-state index is 0. The topological polar surface area (TPSA) is 18.5 Å². The Morgan fingerprint density at radius 3 is 0.890 bits per heavy atom. The molecule has 717 valence electrons. The molecular weight excluding hydrogens is 1720 g/mol. The van der Waals surface area contributed by atoms with Crippen molar-refractivity contribution in [1.29, 1.82) is 0 Å². The van der Waals surface area contributed by atoms with Crippen molar-refractivity contribution in [3.05, 3.63) is 488 Å². The second kappa shape index (κ2) is 52.5. The third kappa shape index (κ3) is 26.4. The molecule has 3 heteroatoms. The molecule has 2 aliphatic heterocycles. The quantitative estimate of drug-likeness (QED) is 0.148. The molecule has 1 radical (unpaired) electrons. The van der Waals surface area contributed by atoms with E-state index in [9.17, 15) is 0 Å². The van der Waals surface area contributed by atoms with Gasteiger partial charge in [-0.2, -0.15) is 0 Å². The second-order valence-electron chi connectivity index (χ2n) is 38.5. The maximum absolute atomic E-state index is 6.82. The fourth-order valence-electron chi connectivity index (χ4n) is 21.2. The fourth-order valence-corrected chi connectivity index (χ4v) is 21.2. The van der Waals surface area contributed by atoms with E-state index in [0.717, 1.165) is 30.3 Å². The fraction of sp³-hybridized carbons (Fsp3) is 0.353. The molecule has 136 heavy (non-hydrogen) atoms. The van der Waals surface area contributed by atoms with E-state index in [0.29, 0.717) is 5.41 Å². The van der Waals surface area contributed by atoms with Gasteiger partial charge in [0.05, 0.1) is 5.41 Å². The van der Waals surface area contributed by atoms with Crippen LogP contribution < -0.4 is 9.47 Å². The molecule has 0 bridgehead atoms. The van der Waals surface area contributed by atoms with Crippen molar-refractivity contribution < 1.29 is 42.2 Å². The smallest absolute Gasteiger partial charge is 0.253 e. The number of hydrogen-bond acceptors (Lipinski definition) is 2. The van der Waals surface area contributed by atoms with E-state index < -0.39 is 5.79 Å². The molecule has 0 N–H and O–H groups in total. The van der Waals surface area contributed by atoms with Gasteiger partial charge in [-0.3, -0.25) is 0 Å². The molecule has 1 saturated carbocycles. The van der Waals surface area contributed by atoms with Crippen LogP contribution in [0.4, 0.5) is 0 Å². The maximum Gasteiger partial charge on any atom is 0.253 e. The Bertz CT molecular complexity index is 5560. The second-order valence-corrected chi connectivity index (χ2v) is 38.5. The van der Waals surface area contributed by atoms with Crippen molar-refractivity contribution in [3.8, 4) is 22.6 Å². The third-order valence-electron chi connectivity index (χ3n) is 27.9. The van der Waals surface area contributed by atoms with Gasteiger partial charge in [0.25, 0.3) is 5.79 Å². The zero-order chi connectivity index (χ0) is 97.1. The molecule has 1 fully saturated rings. The average Bonchev–Trinajstić information content (AvgIpc) is 1.59. The van der Waals surface area contributed by atoms with Crippen molar-refractivity contribution >= 4 is 0 Å². The zero-order valence-electron chi connectivity index (χ0n) is 89.6. The number of fused-ring (bicyclic) bond motifs is 9. The zero-order valence-corrected chi connectivity index (χ0v) is 92.5. The molecule has 2 unspecified atom stereocenters. The summed E-state index contributed by atoms with van der Waals surface area (Å²) in [5, 5.41) is 0. The van der Waals surface area contributed by atoms with E-state index in [-0.39, 0.29) is 86.5 Å². The van der Waals surface area contributed by atoms with Crippen molar-refractivity contribution in [2.45, 2.75) is 302 Å². The molecular formula is C133H168O2Y-2. The summed E-state index contributed by atoms with van der Waals surface area (Å²) in [7, 11) is 0. The summed E-state index contributed by atoms with van der Waals surface area (Å²) in [4.78, 5) is 0. The van der Waals surface area contributed by atoms with Crippen LogP contribution in [-0.4, -0.2) is 5.79 Å². The van der Waals surface area contributed by atoms with Crippen molar-refractivity contribution in [2.75, 3.05) is 0 Å². The van der Waals surface area contributed by atoms with Crippen LogP contribution in [0.15, 0.2) is 340 Å². The van der Waals surface area contributed by atoms with Crippen molar-refractivity contribution in [1.82, 2.24) is 0 Å². The number of ether oxygens (including phenoxy) is 2. The van der Waals surface area contributed by atoms with E-state index in [1.807, 2.05) is 119 Å². The van der Waals surface area contributed by atoms with Crippen LogP contribution in [0.1, 0.15) is 328 Å². The summed E-state index contributed by atoms with van der Waals surface area (Å²) >= 11 is 0. The summed E-state index contributed by atoms with van der Waals surface area (Å²) in [5.74, 6) is 2.38. The molecule has 14 aromatic rings. The SMILES string of the molecule is CC.CC.CC.CC.CC.CC.Cc1ccc(C2(C)CCC(C(C)(C)c3ccc(C)cc3)CC2)cc1.Cc1ccc(C2(c3ccc(C)cc3)c3ccccc3-c3ccccc32)cc1.Cc1ccc2c(c1)C1(CC2(C)C)CC(C)(C)c2ccc(C)cc21.Cc1ccc2c(c1)OC1(CC2c2ccccc2)CC(c2ccccc2)c2ccc(C)cc2O1.Cc1ccccc1.Cc1ccccc1.[CH3-].[CH3-].[Y]. The van der Waals surface area contributed by atoms with Crippen LogP contribution in [0.3, 0.4) is 0 Å². The summed E-state index contributed by atoms with van der Waals surface area (Å²) in [6.45, 7) is 62.6. The van der Waals surface area contributed by atoms with Gasteiger partial charge in [0.1, 0.15) is 11.5 Å². The Morgan fingerprint density at radius 1 is 0.279 bits per heavy atom. The van der Waals surface area contributed by atoms with Gasteiger partial charge < -0.3 is 24.3 Å². The predicted octanol–water partition coefficient (Wildman–Crippen LogP) is 37.9. The van der Waals surface area contributed by atoms with Gasteiger partial charge in [0.15, 0.2) is 0 Å². The first-order valence-corrected chi connectivity index (χ1v) is 50.5. The largest absolute Gasteiger partial charge is 0.452 e. The molecule has 0 saturated heterocycles. The van der Waals surface area contributed by atoms with Gasteiger partial charge in [-0.1, -0.05) is 504 Å². The molecule has 6 aliphatic rings. The number of benzene rings is 14. The van der Waals surface area contributed by atoms with Crippen LogP contribution in [0.2, 0.25) is 0 Å². The van der Waals surface area contributed by atoms with Crippen molar-refractivity contribution in [2.24, 2.45) is 5.92 Å². The molecule has 0 amide bonds. The normalized spacial score (nSPS) is 17.7. The van der Waals surface area contributed by atoms with Crippen LogP contribution in [-0.2, 0) is 65.2 Å². The Balaban J connectivity index is 0.000000256. The number of hydrogen-bond donors (Lipinski definition) is 0. The number of rotatable bonds is 7. The molecule has 14 aromatic carbocycles. The summed E-state index contributed by atoms with van der Waals surface area (Å²) in [6.07, 6.45) is 9.29. The molecule has 4 aliphatic carbocycles. The molecule has 0 aromatic heterocycles. The Morgan fingerprint density at radius 2 is 0.559 bits per heavy atom. The predicted molar refractivity (Wildman–Crippen MR) is 592 cm³/mol. The Hall–Kier alpha value is -10.2. The summed E-state index contributed by atoms with van der Waals surface area (Å²) in [6, 6.07) is 124. The standard InChI is InChI=1S/C31H28O2.C27H22.C24H32.C23H28.2C7H8.6C2H6.2CH3.Y/c1-21-13-15-25-27(23-9-5-3-6-10-23)19-31(32-29(25)17-21)20-28(24-11-7-4-8-12-24)26-16-14-22(2)18-30(26)33-31;1-19-11-15-21(16-12-19)27(22-17-13-20(2)14-18-22)25-9-5-3-7-23(25)24-8-4-6-10-26(24)27;1-18-6-10-20(11-7-18)23(3,4)21-14-16-24(5,17-15-21)22-12-8-19(2)9-13-22;1-15-7-9-17-19(11-15)23(13-21(17,3)4)14-22(5,6)18-10-8-16(2)12-20(18)23;2*1-7-5-3-2-4-6-7;6*1-2;;;/h3-18,27-28H,19-20H2,1-2H3;3-18H,1-2H3;6-13,21H,14-17H2,1-5H3;7-12H,13-14H2,1-6H3;2*2-6H,1H3;6*1-2H3;2*1H3;/q;;;;;;;;;;;;2*-1;. The summed E-state index contributed by atoms with van der Waals surface area (Å²) in [5.41, 5.74) is 36.7.